The molecule has 2 N–H and O–H groups in total. The lowest BCUT2D eigenvalue weighted by atomic mass is 9.91. The zero-order valence-electron chi connectivity index (χ0n) is 10.7. The summed E-state index contributed by atoms with van der Waals surface area (Å²) in [5.41, 5.74) is 7.28. The molecule has 96 valence electrons. The van der Waals surface area contributed by atoms with Gasteiger partial charge in [-0.25, -0.2) is 0 Å². The van der Waals surface area contributed by atoms with Gasteiger partial charge in [-0.1, -0.05) is 30.3 Å². The first-order valence-corrected chi connectivity index (χ1v) is 6.92. The highest BCUT2D eigenvalue weighted by Crippen LogP contribution is 2.28. The van der Waals surface area contributed by atoms with Crippen LogP contribution in [-0.4, -0.2) is 29.9 Å². The largest absolute Gasteiger partial charge is 0.357 e. The van der Waals surface area contributed by atoms with Gasteiger partial charge >= 0.3 is 0 Å². The SMILES string of the molecule is NC1CCC(N2C=NC(c3ccccc3)C2)CC1. The average molecular weight is 243 g/mol. The van der Waals surface area contributed by atoms with E-state index >= 15 is 0 Å². The van der Waals surface area contributed by atoms with Crippen LogP contribution in [0.25, 0.3) is 0 Å². The van der Waals surface area contributed by atoms with E-state index in [2.05, 4.69) is 46.6 Å². The molecule has 0 radical (unpaired) electrons. The third kappa shape index (κ3) is 2.41. The molecule has 1 fully saturated rings. The third-order valence-electron chi connectivity index (χ3n) is 4.17. The molecule has 1 aromatic rings. The van der Waals surface area contributed by atoms with Gasteiger partial charge in [0, 0.05) is 18.6 Å². The van der Waals surface area contributed by atoms with Gasteiger partial charge in [0.1, 0.15) is 0 Å². The maximum absolute atomic E-state index is 5.96. The molecule has 1 atom stereocenters. The highest BCUT2D eigenvalue weighted by atomic mass is 15.2. The molecule has 1 saturated carbocycles. The summed E-state index contributed by atoms with van der Waals surface area (Å²) in [5, 5.41) is 0. The van der Waals surface area contributed by atoms with Crippen molar-refractivity contribution in [3.05, 3.63) is 35.9 Å². The number of nitrogens with zero attached hydrogens (tertiary/aromatic N) is 2. The van der Waals surface area contributed by atoms with E-state index in [1.807, 2.05) is 0 Å². The van der Waals surface area contributed by atoms with E-state index in [4.69, 9.17) is 5.73 Å². The molecule has 1 aliphatic heterocycles. The van der Waals surface area contributed by atoms with Crippen LogP contribution in [0.3, 0.4) is 0 Å². The molecule has 0 saturated heterocycles. The topological polar surface area (TPSA) is 41.6 Å². The van der Waals surface area contributed by atoms with Crippen LogP contribution in [0.2, 0.25) is 0 Å². The summed E-state index contributed by atoms with van der Waals surface area (Å²) < 4.78 is 0. The fourth-order valence-corrected chi connectivity index (χ4v) is 3.00. The quantitative estimate of drug-likeness (QED) is 0.866. The lowest BCUT2D eigenvalue weighted by Crippen LogP contribution is -2.39. The Labute approximate surface area is 109 Å². The second-order valence-electron chi connectivity index (χ2n) is 5.46. The van der Waals surface area contributed by atoms with Crippen molar-refractivity contribution in [3.8, 4) is 0 Å². The Morgan fingerprint density at radius 2 is 1.78 bits per heavy atom. The van der Waals surface area contributed by atoms with E-state index in [-0.39, 0.29) is 0 Å². The van der Waals surface area contributed by atoms with Crippen molar-refractivity contribution in [2.45, 2.75) is 43.8 Å². The van der Waals surface area contributed by atoms with Gasteiger partial charge in [-0.2, -0.15) is 0 Å². The van der Waals surface area contributed by atoms with Gasteiger partial charge in [-0.3, -0.25) is 4.99 Å². The summed E-state index contributed by atoms with van der Waals surface area (Å²) in [6, 6.07) is 12.0. The van der Waals surface area contributed by atoms with Crippen molar-refractivity contribution >= 4 is 6.34 Å². The standard InChI is InChI=1S/C15H21N3/c16-13-6-8-14(9-7-13)18-10-15(17-11-18)12-4-2-1-3-5-12/h1-5,11,13-15H,6-10,16H2. The van der Waals surface area contributed by atoms with Crippen LogP contribution >= 0.6 is 0 Å². The number of hydrogen-bond acceptors (Lipinski definition) is 3. The van der Waals surface area contributed by atoms with Gasteiger partial charge in [-0.15, -0.1) is 0 Å². The smallest absolute Gasteiger partial charge is 0.0941 e. The van der Waals surface area contributed by atoms with Crippen molar-refractivity contribution < 1.29 is 0 Å². The highest BCUT2D eigenvalue weighted by molar-refractivity contribution is 5.59. The van der Waals surface area contributed by atoms with E-state index < -0.39 is 0 Å². The molecule has 18 heavy (non-hydrogen) atoms. The second-order valence-corrected chi connectivity index (χ2v) is 5.46. The first-order chi connectivity index (χ1) is 8.83. The van der Waals surface area contributed by atoms with Crippen LogP contribution in [0.1, 0.15) is 37.3 Å². The normalized spacial score (nSPS) is 31.8. The predicted molar refractivity (Wildman–Crippen MR) is 74.6 cm³/mol. The molecule has 1 heterocycles. The molecule has 0 spiro atoms. The Kier molecular flexibility index (Phi) is 3.33. The summed E-state index contributed by atoms with van der Waals surface area (Å²) in [7, 11) is 0. The lowest BCUT2D eigenvalue weighted by molar-refractivity contribution is 0.241. The first-order valence-electron chi connectivity index (χ1n) is 6.92. The Morgan fingerprint density at radius 3 is 2.50 bits per heavy atom. The molecule has 3 nitrogen and oxygen atoms in total. The monoisotopic (exact) mass is 243 g/mol. The summed E-state index contributed by atoms with van der Waals surface area (Å²) in [6.45, 7) is 1.03. The van der Waals surface area contributed by atoms with Gasteiger partial charge in [0.15, 0.2) is 0 Å². The summed E-state index contributed by atoms with van der Waals surface area (Å²) in [6.07, 6.45) is 6.80. The van der Waals surface area contributed by atoms with Gasteiger partial charge in [0.2, 0.25) is 0 Å². The van der Waals surface area contributed by atoms with E-state index in [1.165, 1.54) is 18.4 Å². The van der Waals surface area contributed by atoms with Crippen LogP contribution < -0.4 is 5.73 Å². The van der Waals surface area contributed by atoms with Crippen LogP contribution in [0.5, 0.6) is 0 Å². The van der Waals surface area contributed by atoms with Crippen molar-refractivity contribution in [2.24, 2.45) is 10.7 Å². The molecule has 1 aliphatic carbocycles. The van der Waals surface area contributed by atoms with Crippen LogP contribution in [0, 0.1) is 0 Å². The molecular formula is C15H21N3. The zero-order valence-corrected chi connectivity index (χ0v) is 10.7. The average Bonchev–Trinajstić information content (AvgIpc) is 2.90. The Morgan fingerprint density at radius 1 is 1.06 bits per heavy atom. The predicted octanol–water partition coefficient (Wildman–Crippen LogP) is 2.34. The Hall–Kier alpha value is -1.35. The van der Waals surface area contributed by atoms with Crippen LogP contribution in [-0.2, 0) is 0 Å². The van der Waals surface area contributed by atoms with Gasteiger partial charge in [0.05, 0.1) is 12.4 Å². The molecule has 1 unspecified atom stereocenters. The van der Waals surface area contributed by atoms with Crippen molar-refractivity contribution in [2.75, 3.05) is 6.54 Å². The van der Waals surface area contributed by atoms with E-state index in [0.717, 1.165) is 19.4 Å². The molecule has 0 aromatic heterocycles. The maximum Gasteiger partial charge on any atom is 0.0941 e. The number of rotatable bonds is 2. The highest BCUT2D eigenvalue weighted by Gasteiger charge is 2.27. The van der Waals surface area contributed by atoms with E-state index in [0.29, 0.717) is 18.1 Å². The number of aliphatic imine (C=N–C) groups is 1. The minimum Gasteiger partial charge on any atom is -0.357 e. The third-order valence-corrected chi connectivity index (χ3v) is 4.17. The van der Waals surface area contributed by atoms with Gasteiger partial charge in [0.25, 0.3) is 0 Å². The molecule has 2 aliphatic rings. The van der Waals surface area contributed by atoms with E-state index in [9.17, 15) is 0 Å². The van der Waals surface area contributed by atoms with Crippen molar-refractivity contribution in [3.63, 3.8) is 0 Å². The van der Waals surface area contributed by atoms with Gasteiger partial charge in [-0.05, 0) is 31.2 Å². The second kappa shape index (κ2) is 5.11. The van der Waals surface area contributed by atoms with Crippen molar-refractivity contribution in [1.29, 1.82) is 0 Å². The fourth-order valence-electron chi connectivity index (χ4n) is 3.00. The van der Waals surface area contributed by atoms with Crippen molar-refractivity contribution in [1.82, 2.24) is 4.90 Å². The first kappa shape index (κ1) is 11.7. The number of benzene rings is 1. The molecule has 1 aromatic carbocycles. The summed E-state index contributed by atoms with van der Waals surface area (Å²) >= 11 is 0. The molecular weight excluding hydrogens is 222 g/mol. The van der Waals surface area contributed by atoms with Gasteiger partial charge < -0.3 is 10.6 Å². The number of hydrogen-bond donors (Lipinski definition) is 1. The van der Waals surface area contributed by atoms with E-state index in [1.54, 1.807) is 0 Å². The fraction of sp³-hybridized carbons (Fsp3) is 0.533. The number of nitrogens with two attached hydrogens (primary N) is 1. The molecule has 0 amide bonds. The Bertz CT molecular complexity index is 407. The van der Waals surface area contributed by atoms with Crippen LogP contribution in [0.4, 0.5) is 0 Å². The van der Waals surface area contributed by atoms with Crippen LogP contribution in [0.15, 0.2) is 35.3 Å². The lowest BCUT2D eigenvalue weighted by Gasteiger charge is -2.33. The molecule has 3 rings (SSSR count). The minimum atomic E-state index is 0.321. The maximum atomic E-state index is 5.96. The minimum absolute atomic E-state index is 0.321. The Balaban J connectivity index is 1.61. The molecule has 3 heteroatoms. The summed E-state index contributed by atoms with van der Waals surface area (Å²) in [5.74, 6) is 0. The zero-order chi connectivity index (χ0) is 12.4. The molecule has 0 bridgehead atoms. The summed E-state index contributed by atoms with van der Waals surface area (Å²) in [4.78, 5) is 7.07.